The molecule has 3 rings (SSSR count). The van der Waals surface area contributed by atoms with Crippen LogP contribution in [0.5, 0.6) is 0 Å². The number of nitrogens with one attached hydrogen (secondary N) is 1. The van der Waals surface area contributed by atoms with E-state index in [0.29, 0.717) is 18.4 Å². The molecule has 2 aromatic rings. The monoisotopic (exact) mass is 376 g/mol. The van der Waals surface area contributed by atoms with E-state index in [1.807, 2.05) is 49.3 Å². The van der Waals surface area contributed by atoms with E-state index < -0.39 is 0 Å². The lowest BCUT2D eigenvalue weighted by Gasteiger charge is -2.35. The first kappa shape index (κ1) is 20.3. The Hall–Kier alpha value is -2.39. The third kappa shape index (κ3) is 5.56. The number of hydrogen-bond donors (Lipinski definition) is 1. The van der Waals surface area contributed by atoms with Crippen molar-refractivity contribution in [1.29, 1.82) is 0 Å². The molecule has 1 saturated carbocycles. The molecule has 0 unspecified atom stereocenters. The standard InChI is InChI=1S/C25H32N2O/c1-26-19-21-11-13-22(14-12-21)23-15-17-24(18-16-23)27(2)25(28)10-6-9-20-7-4-3-5-8-20/h3-9,11-14,23-24,26H,10,15-19H2,1-2H3/t23-,24-. The van der Waals surface area contributed by atoms with Gasteiger partial charge >= 0.3 is 0 Å². The van der Waals surface area contributed by atoms with Crippen LogP contribution in [-0.2, 0) is 11.3 Å². The van der Waals surface area contributed by atoms with Crippen molar-refractivity contribution in [3.8, 4) is 0 Å². The molecule has 0 heterocycles. The first-order chi connectivity index (χ1) is 13.7. The zero-order valence-electron chi connectivity index (χ0n) is 17.1. The van der Waals surface area contributed by atoms with E-state index >= 15 is 0 Å². The molecule has 1 N–H and O–H groups in total. The topological polar surface area (TPSA) is 32.3 Å². The third-order valence-electron chi connectivity index (χ3n) is 5.87. The van der Waals surface area contributed by atoms with Crippen LogP contribution >= 0.6 is 0 Å². The molecule has 1 aliphatic rings. The summed E-state index contributed by atoms with van der Waals surface area (Å²) in [7, 11) is 3.95. The Balaban J connectivity index is 1.47. The van der Waals surface area contributed by atoms with Crippen LogP contribution in [-0.4, -0.2) is 30.9 Å². The van der Waals surface area contributed by atoms with Crippen LogP contribution in [0.2, 0.25) is 0 Å². The maximum Gasteiger partial charge on any atom is 0.226 e. The van der Waals surface area contributed by atoms with E-state index in [9.17, 15) is 4.79 Å². The lowest BCUT2D eigenvalue weighted by molar-refractivity contribution is -0.131. The van der Waals surface area contributed by atoms with E-state index in [1.54, 1.807) is 0 Å². The second kappa shape index (κ2) is 10.2. The number of hydrogen-bond acceptors (Lipinski definition) is 2. The Labute approximate surface area is 169 Å². The van der Waals surface area contributed by atoms with Crippen molar-refractivity contribution >= 4 is 12.0 Å². The van der Waals surface area contributed by atoms with Crippen molar-refractivity contribution < 1.29 is 4.79 Å². The van der Waals surface area contributed by atoms with Gasteiger partial charge in [-0.2, -0.15) is 0 Å². The van der Waals surface area contributed by atoms with E-state index in [2.05, 4.69) is 41.7 Å². The fourth-order valence-corrected chi connectivity index (χ4v) is 4.12. The van der Waals surface area contributed by atoms with Crippen LogP contribution in [0, 0.1) is 0 Å². The summed E-state index contributed by atoms with van der Waals surface area (Å²) in [4.78, 5) is 14.5. The SMILES string of the molecule is CNCc1ccc([C@H]2CC[C@H](N(C)C(=O)CC=Cc3ccccc3)CC2)cc1. The minimum Gasteiger partial charge on any atom is -0.343 e. The molecule has 3 heteroatoms. The van der Waals surface area contributed by atoms with E-state index in [0.717, 1.165) is 37.8 Å². The molecule has 0 spiro atoms. The summed E-state index contributed by atoms with van der Waals surface area (Å²) in [5.74, 6) is 0.841. The maximum absolute atomic E-state index is 12.6. The van der Waals surface area contributed by atoms with Crippen molar-refractivity contribution in [2.45, 2.75) is 50.6 Å². The first-order valence-electron chi connectivity index (χ1n) is 10.4. The van der Waals surface area contributed by atoms with Gasteiger partial charge in [0.25, 0.3) is 0 Å². The zero-order valence-corrected chi connectivity index (χ0v) is 17.1. The summed E-state index contributed by atoms with van der Waals surface area (Å²) in [5, 5.41) is 3.19. The van der Waals surface area contributed by atoms with Gasteiger partial charge in [0, 0.05) is 26.1 Å². The lowest BCUT2D eigenvalue weighted by atomic mass is 9.81. The molecule has 0 aliphatic heterocycles. The number of carbonyl (C=O) groups is 1. The van der Waals surface area contributed by atoms with Crippen molar-refractivity contribution in [2.75, 3.05) is 14.1 Å². The Morgan fingerprint density at radius 1 is 1.04 bits per heavy atom. The smallest absolute Gasteiger partial charge is 0.226 e. The quantitative estimate of drug-likeness (QED) is 0.738. The summed E-state index contributed by atoms with van der Waals surface area (Å²) in [6, 6.07) is 19.5. The van der Waals surface area contributed by atoms with Crippen LogP contribution in [0.4, 0.5) is 0 Å². The van der Waals surface area contributed by atoms with E-state index in [-0.39, 0.29) is 5.91 Å². The number of nitrogens with zero attached hydrogens (tertiary/aromatic N) is 1. The molecular weight excluding hydrogens is 344 g/mol. The van der Waals surface area contributed by atoms with Gasteiger partial charge in [0.2, 0.25) is 5.91 Å². The third-order valence-corrected chi connectivity index (χ3v) is 5.87. The molecule has 1 amide bonds. The van der Waals surface area contributed by atoms with Crippen molar-refractivity contribution in [3.63, 3.8) is 0 Å². The van der Waals surface area contributed by atoms with Gasteiger partial charge in [-0.05, 0) is 55.3 Å². The van der Waals surface area contributed by atoms with E-state index in [4.69, 9.17) is 0 Å². The van der Waals surface area contributed by atoms with Gasteiger partial charge < -0.3 is 10.2 Å². The highest BCUT2D eigenvalue weighted by atomic mass is 16.2. The van der Waals surface area contributed by atoms with Gasteiger partial charge in [-0.3, -0.25) is 4.79 Å². The first-order valence-corrected chi connectivity index (χ1v) is 10.4. The van der Waals surface area contributed by atoms with Crippen LogP contribution in [0.1, 0.15) is 54.7 Å². The molecule has 2 aromatic carbocycles. The van der Waals surface area contributed by atoms with Gasteiger partial charge in [0.05, 0.1) is 0 Å². The molecule has 1 aliphatic carbocycles. The number of benzene rings is 2. The number of amides is 1. The summed E-state index contributed by atoms with van der Waals surface area (Å²) in [5.41, 5.74) is 3.91. The molecule has 1 fully saturated rings. The molecule has 148 valence electrons. The maximum atomic E-state index is 12.6. The largest absolute Gasteiger partial charge is 0.343 e. The second-order valence-electron chi connectivity index (χ2n) is 7.80. The molecule has 0 aromatic heterocycles. The Kier molecular flexibility index (Phi) is 7.44. The number of rotatable bonds is 7. The Bertz CT molecular complexity index is 759. The highest BCUT2D eigenvalue weighted by Crippen LogP contribution is 2.34. The summed E-state index contributed by atoms with van der Waals surface area (Å²) >= 11 is 0. The molecule has 0 saturated heterocycles. The molecule has 28 heavy (non-hydrogen) atoms. The predicted octanol–water partition coefficient (Wildman–Crippen LogP) is 4.99. The Morgan fingerprint density at radius 3 is 2.36 bits per heavy atom. The normalized spacial score (nSPS) is 19.6. The van der Waals surface area contributed by atoms with Crippen LogP contribution in [0.25, 0.3) is 6.08 Å². The van der Waals surface area contributed by atoms with Crippen molar-refractivity contribution in [2.24, 2.45) is 0 Å². The molecule has 3 nitrogen and oxygen atoms in total. The van der Waals surface area contributed by atoms with Crippen molar-refractivity contribution in [1.82, 2.24) is 10.2 Å². The van der Waals surface area contributed by atoms with E-state index in [1.165, 1.54) is 11.1 Å². The minimum atomic E-state index is 0.215. The van der Waals surface area contributed by atoms with Crippen LogP contribution in [0.3, 0.4) is 0 Å². The van der Waals surface area contributed by atoms with Crippen molar-refractivity contribution in [3.05, 3.63) is 77.4 Å². The fraction of sp³-hybridized carbons (Fsp3) is 0.400. The average Bonchev–Trinajstić information content (AvgIpc) is 2.75. The van der Waals surface area contributed by atoms with Gasteiger partial charge in [-0.1, -0.05) is 66.7 Å². The fourth-order valence-electron chi connectivity index (χ4n) is 4.12. The predicted molar refractivity (Wildman–Crippen MR) is 117 cm³/mol. The number of carbonyl (C=O) groups excluding carboxylic acids is 1. The van der Waals surface area contributed by atoms with Gasteiger partial charge in [-0.15, -0.1) is 0 Å². The summed E-state index contributed by atoms with van der Waals surface area (Å²) < 4.78 is 0. The van der Waals surface area contributed by atoms with Crippen LogP contribution in [0.15, 0.2) is 60.7 Å². The Morgan fingerprint density at radius 2 is 1.71 bits per heavy atom. The summed E-state index contributed by atoms with van der Waals surface area (Å²) in [6.07, 6.45) is 8.98. The lowest BCUT2D eigenvalue weighted by Crippen LogP contribution is -2.38. The molecule has 0 radical (unpaired) electrons. The highest BCUT2D eigenvalue weighted by molar-refractivity contribution is 5.78. The van der Waals surface area contributed by atoms with Gasteiger partial charge in [0.15, 0.2) is 0 Å². The minimum absolute atomic E-state index is 0.215. The molecule has 0 bridgehead atoms. The second-order valence-corrected chi connectivity index (χ2v) is 7.80. The summed E-state index contributed by atoms with van der Waals surface area (Å²) in [6.45, 7) is 0.915. The molecule has 0 atom stereocenters. The average molecular weight is 377 g/mol. The molecular formula is C25H32N2O. The van der Waals surface area contributed by atoms with Crippen LogP contribution < -0.4 is 5.32 Å². The highest BCUT2D eigenvalue weighted by Gasteiger charge is 2.26. The van der Waals surface area contributed by atoms with Gasteiger partial charge in [-0.25, -0.2) is 0 Å². The zero-order chi connectivity index (χ0) is 19.8. The van der Waals surface area contributed by atoms with Gasteiger partial charge in [0.1, 0.15) is 0 Å².